The van der Waals surface area contributed by atoms with Crippen LogP contribution < -0.4 is 10.2 Å². The van der Waals surface area contributed by atoms with E-state index in [1.165, 1.54) is 5.56 Å². The van der Waals surface area contributed by atoms with Gasteiger partial charge in [0.2, 0.25) is 11.8 Å². The fourth-order valence-electron chi connectivity index (χ4n) is 4.52. The average Bonchev–Trinajstić information content (AvgIpc) is 2.74. The van der Waals surface area contributed by atoms with Crippen LogP contribution in [0.4, 0.5) is 5.69 Å². The summed E-state index contributed by atoms with van der Waals surface area (Å²) in [6.07, 6.45) is 4.16. The van der Waals surface area contributed by atoms with Crippen LogP contribution in [0.1, 0.15) is 24.8 Å². The maximum atomic E-state index is 12.9. The number of anilines is 1. The number of halogens is 2. The van der Waals surface area contributed by atoms with Gasteiger partial charge >= 0.3 is 0 Å². The highest BCUT2D eigenvalue weighted by Gasteiger charge is 2.30. The molecular weight excluding hydrogens is 411 g/mol. The van der Waals surface area contributed by atoms with Crippen molar-refractivity contribution in [3.63, 3.8) is 0 Å². The van der Waals surface area contributed by atoms with Crippen molar-refractivity contribution in [3.8, 4) is 0 Å². The molecule has 2 fully saturated rings. The van der Waals surface area contributed by atoms with Gasteiger partial charge in [-0.15, -0.1) is 24.8 Å². The minimum atomic E-state index is 0. The van der Waals surface area contributed by atoms with Gasteiger partial charge in [-0.2, -0.15) is 0 Å². The van der Waals surface area contributed by atoms with Crippen molar-refractivity contribution < 1.29 is 9.59 Å². The Balaban J connectivity index is 0.00000150. The number of piperidine rings is 1. The fraction of sp³-hybridized carbons (Fsp3) is 0.619. The summed E-state index contributed by atoms with van der Waals surface area (Å²) < 4.78 is 0. The minimum Gasteiger partial charge on any atom is -0.340 e. The fourth-order valence-corrected chi connectivity index (χ4v) is 4.52. The summed E-state index contributed by atoms with van der Waals surface area (Å²) in [5.41, 5.74) is 2.35. The first-order valence-corrected chi connectivity index (χ1v) is 10.3. The van der Waals surface area contributed by atoms with E-state index in [9.17, 15) is 9.59 Å². The summed E-state index contributed by atoms with van der Waals surface area (Å²) in [5, 5.41) is 3.33. The Kier molecular flexibility index (Phi) is 9.21. The van der Waals surface area contributed by atoms with E-state index in [0.717, 1.165) is 77.2 Å². The topological polar surface area (TPSA) is 55.9 Å². The molecule has 1 atom stereocenters. The highest BCUT2D eigenvalue weighted by atomic mass is 35.5. The van der Waals surface area contributed by atoms with E-state index in [4.69, 9.17) is 0 Å². The molecule has 0 aromatic heterocycles. The van der Waals surface area contributed by atoms with Gasteiger partial charge in [-0.05, 0) is 43.9 Å². The maximum absolute atomic E-state index is 12.9. The molecule has 3 aliphatic heterocycles. The van der Waals surface area contributed by atoms with Gasteiger partial charge in [-0.25, -0.2) is 0 Å². The molecule has 2 saturated heterocycles. The lowest BCUT2D eigenvalue weighted by Gasteiger charge is -2.38. The predicted molar refractivity (Wildman–Crippen MR) is 120 cm³/mol. The Morgan fingerprint density at radius 2 is 1.76 bits per heavy atom. The second-order valence-electron chi connectivity index (χ2n) is 7.92. The van der Waals surface area contributed by atoms with Crippen LogP contribution in [-0.4, -0.2) is 74.0 Å². The van der Waals surface area contributed by atoms with Crippen molar-refractivity contribution in [2.24, 2.45) is 5.92 Å². The lowest BCUT2D eigenvalue weighted by Crippen LogP contribution is -2.54. The number of carbonyl (C=O) groups excluding carboxylic acids is 2. The number of fused-ring (bicyclic) bond motifs is 1. The number of rotatable bonds is 3. The number of aryl methyl sites for hydroxylation is 1. The Bertz CT molecular complexity index is 689. The standard InChI is InChI=1S/C21H30N4O2.2ClH/c26-20(25-10-4-7-17-5-1-2-8-19(17)25)16-23-11-13-24(14-12-23)21(27)18-6-3-9-22-15-18;;/h1-2,5,8,18,22H,3-4,6-7,9-16H2;2*1H. The molecule has 0 bridgehead atoms. The molecule has 1 N–H and O–H groups in total. The number of hydrogen-bond acceptors (Lipinski definition) is 4. The number of hydrogen-bond donors (Lipinski definition) is 1. The molecule has 1 aromatic carbocycles. The van der Waals surface area contributed by atoms with Crippen molar-refractivity contribution in [1.29, 1.82) is 0 Å². The number of nitrogens with zero attached hydrogens (tertiary/aromatic N) is 3. The maximum Gasteiger partial charge on any atom is 0.241 e. The van der Waals surface area contributed by atoms with Crippen LogP contribution >= 0.6 is 24.8 Å². The summed E-state index contributed by atoms with van der Waals surface area (Å²) in [7, 11) is 0. The van der Waals surface area contributed by atoms with Gasteiger partial charge in [0.15, 0.2) is 0 Å². The molecule has 1 aromatic rings. The van der Waals surface area contributed by atoms with E-state index in [-0.39, 0.29) is 42.5 Å². The number of para-hydroxylation sites is 1. The zero-order valence-corrected chi connectivity index (χ0v) is 18.5. The second kappa shape index (κ2) is 11.2. The predicted octanol–water partition coefficient (Wildman–Crippen LogP) is 1.95. The van der Waals surface area contributed by atoms with E-state index in [1.54, 1.807) is 0 Å². The SMILES string of the molecule is Cl.Cl.O=C(C1CCCNC1)N1CCN(CC(=O)N2CCCc3ccccc32)CC1. The summed E-state index contributed by atoms with van der Waals surface area (Å²) in [6.45, 7) is 6.13. The normalized spacial score (nSPS) is 22.1. The molecule has 3 aliphatic rings. The number of benzene rings is 1. The van der Waals surface area contributed by atoms with Gasteiger partial charge in [0.1, 0.15) is 0 Å². The molecular formula is C21H32Cl2N4O2. The smallest absolute Gasteiger partial charge is 0.241 e. The van der Waals surface area contributed by atoms with Crippen LogP contribution in [0.15, 0.2) is 24.3 Å². The zero-order chi connectivity index (χ0) is 18.6. The zero-order valence-electron chi connectivity index (χ0n) is 16.8. The molecule has 6 nitrogen and oxygen atoms in total. The monoisotopic (exact) mass is 442 g/mol. The number of amides is 2. The van der Waals surface area contributed by atoms with Gasteiger partial charge in [0.05, 0.1) is 12.5 Å². The summed E-state index contributed by atoms with van der Waals surface area (Å²) in [4.78, 5) is 31.7. The lowest BCUT2D eigenvalue weighted by atomic mass is 9.98. The average molecular weight is 443 g/mol. The molecule has 162 valence electrons. The quantitative estimate of drug-likeness (QED) is 0.776. The molecule has 0 saturated carbocycles. The molecule has 0 radical (unpaired) electrons. The second-order valence-corrected chi connectivity index (χ2v) is 7.92. The van der Waals surface area contributed by atoms with E-state index in [2.05, 4.69) is 22.3 Å². The molecule has 2 amide bonds. The number of nitrogens with one attached hydrogen (secondary N) is 1. The Labute approximate surface area is 185 Å². The van der Waals surface area contributed by atoms with Crippen molar-refractivity contribution in [1.82, 2.24) is 15.1 Å². The van der Waals surface area contributed by atoms with E-state index in [0.29, 0.717) is 6.54 Å². The van der Waals surface area contributed by atoms with Gasteiger partial charge in [0, 0.05) is 45.0 Å². The Morgan fingerprint density at radius 3 is 2.48 bits per heavy atom. The number of piperazine rings is 1. The first-order valence-electron chi connectivity index (χ1n) is 10.3. The summed E-state index contributed by atoms with van der Waals surface area (Å²) >= 11 is 0. The Morgan fingerprint density at radius 1 is 1.00 bits per heavy atom. The third-order valence-corrected chi connectivity index (χ3v) is 6.10. The van der Waals surface area contributed by atoms with Crippen molar-refractivity contribution in [3.05, 3.63) is 29.8 Å². The van der Waals surface area contributed by atoms with Crippen LogP contribution in [-0.2, 0) is 16.0 Å². The molecule has 8 heteroatoms. The van der Waals surface area contributed by atoms with Crippen molar-refractivity contribution >= 4 is 42.3 Å². The molecule has 0 aliphatic carbocycles. The van der Waals surface area contributed by atoms with Crippen molar-refractivity contribution in [2.45, 2.75) is 25.7 Å². The molecule has 4 rings (SSSR count). The van der Waals surface area contributed by atoms with Gasteiger partial charge in [-0.1, -0.05) is 18.2 Å². The van der Waals surface area contributed by atoms with Crippen LogP contribution in [0.25, 0.3) is 0 Å². The highest BCUT2D eigenvalue weighted by Crippen LogP contribution is 2.27. The first-order chi connectivity index (χ1) is 13.2. The van der Waals surface area contributed by atoms with E-state index >= 15 is 0 Å². The first kappa shape index (κ1) is 23.9. The number of carbonyl (C=O) groups is 2. The lowest BCUT2D eigenvalue weighted by molar-refractivity contribution is -0.138. The molecule has 1 unspecified atom stereocenters. The van der Waals surface area contributed by atoms with Crippen LogP contribution in [0.5, 0.6) is 0 Å². The van der Waals surface area contributed by atoms with Crippen molar-refractivity contribution in [2.75, 3.05) is 57.3 Å². The third-order valence-electron chi connectivity index (χ3n) is 6.10. The molecule has 0 spiro atoms. The van der Waals surface area contributed by atoms with E-state index in [1.807, 2.05) is 21.9 Å². The Hall–Kier alpha value is -1.34. The highest BCUT2D eigenvalue weighted by molar-refractivity contribution is 5.96. The summed E-state index contributed by atoms with van der Waals surface area (Å²) in [6, 6.07) is 8.24. The largest absolute Gasteiger partial charge is 0.340 e. The molecule has 29 heavy (non-hydrogen) atoms. The van der Waals surface area contributed by atoms with Crippen LogP contribution in [0.2, 0.25) is 0 Å². The summed E-state index contributed by atoms with van der Waals surface area (Å²) in [5.74, 6) is 0.605. The minimum absolute atomic E-state index is 0. The molecule has 3 heterocycles. The van der Waals surface area contributed by atoms with Gasteiger partial charge in [0.25, 0.3) is 0 Å². The van der Waals surface area contributed by atoms with E-state index < -0.39 is 0 Å². The van der Waals surface area contributed by atoms with Gasteiger partial charge < -0.3 is 15.1 Å². The third kappa shape index (κ3) is 5.63. The van der Waals surface area contributed by atoms with Crippen LogP contribution in [0, 0.1) is 5.92 Å². The van der Waals surface area contributed by atoms with Gasteiger partial charge in [-0.3, -0.25) is 14.5 Å². The van der Waals surface area contributed by atoms with Crippen LogP contribution in [0.3, 0.4) is 0 Å².